The third-order valence-electron chi connectivity index (χ3n) is 6.32. The van der Waals surface area contributed by atoms with Crippen LogP contribution in [0.1, 0.15) is 70.6 Å². The molecule has 7 nitrogen and oxygen atoms in total. The lowest BCUT2D eigenvalue weighted by molar-refractivity contribution is -0.136. The summed E-state index contributed by atoms with van der Waals surface area (Å²) in [5.41, 5.74) is 0. The zero-order valence-electron chi connectivity index (χ0n) is 18.4. The lowest BCUT2D eigenvalue weighted by atomic mass is 9.85. The molecule has 2 aliphatic rings. The normalized spacial score (nSPS) is 22.6. The maximum absolute atomic E-state index is 13.4. The number of urea groups is 1. The van der Waals surface area contributed by atoms with E-state index < -0.39 is 5.97 Å². The van der Waals surface area contributed by atoms with E-state index in [9.17, 15) is 9.59 Å². The third-order valence-corrected chi connectivity index (χ3v) is 8.43. The Hall–Kier alpha value is -1.32. The van der Waals surface area contributed by atoms with Crippen LogP contribution in [0, 0.1) is 5.92 Å². The Kier molecular flexibility index (Phi) is 9.93. The van der Waals surface area contributed by atoms with E-state index in [1.54, 1.807) is 13.3 Å². The number of aliphatic carboxylic acids is 1. The van der Waals surface area contributed by atoms with Crippen LogP contribution in [0.2, 0.25) is 0 Å². The third kappa shape index (κ3) is 7.64. The second kappa shape index (κ2) is 12.6. The number of hydrogen-bond donors (Lipinski definition) is 2. The molecule has 0 unspecified atom stereocenters. The fraction of sp³-hybridized carbons (Fsp3) is 0.773. The van der Waals surface area contributed by atoms with Crippen molar-refractivity contribution in [2.45, 2.75) is 86.9 Å². The van der Waals surface area contributed by atoms with E-state index in [-0.39, 0.29) is 18.5 Å². The van der Waals surface area contributed by atoms with E-state index >= 15 is 0 Å². The fourth-order valence-electron chi connectivity index (χ4n) is 4.77. The van der Waals surface area contributed by atoms with Gasteiger partial charge in [-0.2, -0.15) is 0 Å². The first-order valence-electron chi connectivity index (χ1n) is 11.5. The lowest BCUT2D eigenvalue weighted by Gasteiger charge is -2.41. The molecular formula is C22H35N3O4S2. The van der Waals surface area contributed by atoms with Crippen molar-refractivity contribution >= 4 is 40.2 Å². The first-order chi connectivity index (χ1) is 15.1. The van der Waals surface area contributed by atoms with Gasteiger partial charge in [-0.25, -0.2) is 9.78 Å². The number of anilines is 1. The Bertz CT molecular complexity index is 699. The van der Waals surface area contributed by atoms with Crippen molar-refractivity contribution in [3.8, 4) is 0 Å². The molecule has 174 valence electrons. The number of carbonyl (C=O) groups is 2. The van der Waals surface area contributed by atoms with Crippen LogP contribution in [-0.2, 0) is 9.53 Å². The number of hydrogen-bond acceptors (Lipinski definition) is 6. The molecule has 2 fully saturated rings. The minimum absolute atomic E-state index is 0.0291. The highest BCUT2D eigenvalue weighted by Crippen LogP contribution is 2.34. The second-order valence-corrected chi connectivity index (χ2v) is 11.0. The first-order valence-corrected chi connectivity index (χ1v) is 13.3. The molecule has 0 aromatic carbocycles. The Morgan fingerprint density at radius 1 is 1.16 bits per heavy atom. The molecule has 9 heteroatoms. The summed E-state index contributed by atoms with van der Waals surface area (Å²) in [6.07, 6.45) is 13.2. The molecule has 1 aromatic rings. The molecule has 0 atom stereocenters. The van der Waals surface area contributed by atoms with E-state index in [0.717, 1.165) is 49.3 Å². The maximum atomic E-state index is 13.4. The summed E-state index contributed by atoms with van der Waals surface area (Å²) in [5.74, 6) is 0.304. The molecule has 31 heavy (non-hydrogen) atoms. The number of rotatable bonds is 9. The predicted molar refractivity (Wildman–Crippen MR) is 125 cm³/mol. The average molecular weight is 470 g/mol. The van der Waals surface area contributed by atoms with Crippen molar-refractivity contribution in [1.29, 1.82) is 0 Å². The zero-order valence-corrected chi connectivity index (χ0v) is 20.0. The SMILES string of the molecule is COCC1CCC(N(C(=O)Nc2ncc(SCCC(=O)O)s2)C2CCCCCC2)CC1. The molecule has 1 aromatic heterocycles. The maximum Gasteiger partial charge on any atom is 0.324 e. The van der Waals surface area contributed by atoms with Gasteiger partial charge < -0.3 is 14.7 Å². The molecule has 1 heterocycles. The predicted octanol–water partition coefficient (Wildman–Crippen LogP) is 5.47. The number of methoxy groups -OCH3 is 1. The van der Waals surface area contributed by atoms with Crippen molar-refractivity contribution in [1.82, 2.24) is 9.88 Å². The van der Waals surface area contributed by atoms with Gasteiger partial charge in [-0.15, -0.1) is 11.8 Å². The highest BCUT2D eigenvalue weighted by Gasteiger charge is 2.34. The van der Waals surface area contributed by atoms with Gasteiger partial charge in [0.1, 0.15) is 0 Å². The van der Waals surface area contributed by atoms with Gasteiger partial charge in [-0.3, -0.25) is 10.1 Å². The second-order valence-electron chi connectivity index (χ2n) is 8.59. The lowest BCUT2D eigenvalue weighted by Crippen LogP contribution is -2.50. The smallest absolute Gasteiger partial charge is 0.324 e. The van der Waals surface area contributed by atoms with Crippen LogP contribution < -0.4 is 5.32 Å². The first kappa shape index (κ1) is 24.3. The minimum Gasteiger partial charge on any atom is -0.481 e. The molecule has 2 N–H and O–H groups in total. The van der Waals surface area contributed by atoms with Gasteiger partial charge >= 0.3 is 12.0 Å². The summed E-state index contributed by atoms with van der Waals surface area (Å²) >= 11 is 2.89. The van der Waals surface area contributed by atoms with Crippen molar-refractivity contribution in [3.63, 3.8) is 0 Å². The molecule has 2 saturated carbocycles. The average Bonchev–Trinajstić information content (AvgIpc) is 3.01. The van der Waals surface area contributed by atoms with E-state index in [0.29, 0.717) is 22.8 Å². The topological polar surface area (TPSA) is 91.8 Å². The standard InChI is InChI=1S/C22H35N3O4S2/c1-29-15-16-8-10-18(11-9-16)25(17-6-4-2-3-5-7-17)22(28)24-21-23-14-20(31-21)30-13-12-19(26)27/h14,16-18H,2-13,15H2,1H3,(H,26,27)(H,23,24,28). The summed E-state index contributed by atoms with van der Waals surface area (Å²) < 4.78 is 6.27. The highest BCUT2D eigenvalue weighted by atomic mass is 32.2. The molecule has 0 spiro atoms. The molecule has 0 radical (unpaired) electrons. The molecule has 3 rings (SSSR count). The summed E-state index contributed by atoms with van der Waals surface area (Å²) in [5, 5.41) is 12.4. The van der Waals surface area contributed by atoms with Crippen molar-refractivity contribution in [2.24, 2.45) is 5.92 Å². The summed E-state index contributed by atoms with van der Waals surface area (Å²) in [6.45, 7) is 0.809. The van der Waals surface area contributed by atoms with Gasteiger partial charge in [0.05, 0.1) is 16.8 Å². The number of ether oxygens (including phenoxy) is 1. The van der Waals surface area contributed by atoms with Crippen LogP contribution in [0.4, 0.5) is 9.93 Å². The number of carboxylic acids is 1. The minimum atomic E-state index is -0.801. The number of amides is 2. The summed E-state index contributed by atoms with van der Waals surface area (Å²) in [4.78, 5) is 30.6. The van der Waals surface area contributed by atoms with Gasteiger partial charge in [0, 0.05) is 31.6 Å². The van der Waals surface area contributed by atoms with E-state index in [4.69, 9.17) is 9.84 Å². The van der Waals surface area contributed by atoms with Crippen LogP contribution in [0.3, 0.4) is 0 Å². The van der Waals surface area contributed by atoms with E-state index in [1.807, 2.05) is 0 Å². The van der Waals surface area contributed by atoms with Gasteiger partial charge in [-0.05, 0) is 44.4 Å². The molecule has 2 aliphatic carbocycles. The van der Waals surface area contributed by atoms with Crippen molar-refractivity contribution in [3.05, 3.63) is 6.20 Å². The number of thioether (sulfide) groups is 1. The molecule has 0 saturated heterocycles. The van der Waals surface area contributed by atoms with Gasteiger partial charge in [0.25, 0.3) is 0 Å². The van der Waals surface area contributed by atoms with Crippen molar-refractivity contribution < 1.29 is 19.4 Å². The van der Waals surface area contributed by atoms with Crippen LogP contribution >= 0.6 is 23.1 Å². The monoisotopic (exact) mass is 469 g/mol. The van der Waals surface area contributed by atoms with Gasteiger partial charge in [0.2, 0.25) is 0 Å². The fourth-order valence-corrected chi connectivity index (χ4v) is 6.64. The van der Waals surface area contributed by atoms with Crippen LogP contribution in [0.5, 0.6) is 0 Å². The Labute approximate surface area is 193 Å². The van der Waals surface area contributed by atoms with Crippen LogP contribution in [0.15, 0.2) is 10.4 Å². The zero-order chi connectivity index (χ0) is 22.1. The highest BCUT2D eigenvalue weighted by molar-refractivity contribution is 8.01. The van der Waals surface area contributed by atoms with Gasteiger partial charge in [0.15, 0.2) is 5.13 Å². The number of thiazole rings is 1. The van der Waals surface area contributed by atoms with Crippen LogP contribution in [-0.4, -0.2) is 58.5 Å². The number of carboxylic acid groups (broad SMARTS) is 1. The Morgan fingerprint density at radius 2 is 1.84 bits per heavy atom. The number of carbonyl (C=O) groups excluding carboxylic acids is 1. The Morgan fingerprint density at radius 3 is 2.48 bits per heavy atom. The van der Waals surface area contributed by atoms with E-state index in [1.165, 1.54) is 48.8 Å². The van der Waals surface area contributed by atoms with Crippen LogP contribution in [0.25, 0.3) is 0 Å². The molecule has 2 amide bonds. The molecule has 0 aliphatic heterocycles. The van der Waals surface area contributed by atoms with E-state index in [2.05, 4.69) is 15.2 Å². The summed E-state index contributed by atoms with van der Waals surface area (Å²) in [7, 11) is 1.76. The number of nitrogens with one attached hydrogen (secondary N) is 1. The number of nitrogens with zero attached hydrogens (tertiary/aromatic N) is 2. The molecule has 0 bridgehead atoms. The largest absolute Gasteiger partial charge is 0.481 e. The van der Waals surface area contributed by atoms with Crippen molar-refractivity contribution in [2.75, 3.05) is 24.8 Å². The van der Waals surface area contributed by atoms with Gasteiger partial charge in [-0.1, -0.05) is 37.0 Å². The molecular weight excluding hydrogens is 434 g/mol. The number of aromatic nitrogens is 1. The quantitative estimate of drug-likeness (QED) is 0.368. The summed E-state index contributed by atoms with van der Waals surface area (Å²) in [6, 6.07) is 0.551. The Balaban J connectivity index is 1.63.